The average molecular weight is 320 g/mol. The Morgan fingerprint density at radius 1 is 0.955 bits per heavy atom. The summed E-state index contributed by atoms with van der Waals surface area (Å²) < 4.78 is 39.0. The molecule has 22 heavy (non-hydrogen) atoms. The van der Waals surface area contributed by atoms with Crippen LogP contribution in [0.25, 0.3) is 22.0 Å². The van der Waals surface area contributed by atoms with E-state index in [1.54, 1.807) is 12.3 Å². The van der Waals surface area contributed by atoms with E-state index in [-0.39, 0.29) is 10.9 Å². The van der Waals surface area contributed by atoms with Gasteiger partial charge in [-0.2, -0.15) is 13.2 Å². The van der Waals surface area contributed by atoms with Crippen molar-refractivity contribution < 1.29 is 13.2 Å². The Kier molecular flexibility index (Phi) is 3.78. The first-order chi connectivity index (χ1) is 10.5. The van der Waals surface area contributed by atoms with E-state index in [1.165, 1.54) is 0 Å². The van der Waals surface area contributed by atoms with Gasteiger partial charge in [0.25, 0.3) is 0 Å². The van der Waals surface area contributed by atoms with Crippen LogP contribution in [0.1, 0.15) is 5.69 Å². The summed E-state index contributed by atoms with van der Waals surface area (Å²) in [4.78, 5) is 7.79. The lowest BCUT2D eigenvalue weighted by Gasteiger charge is -2.11. The van der Waals surface area contributed by atoms with Crippen molar-refractivity contribution in [3.05, 3.63) is 54.2 Å². The maximum atomic E-state index is 13.0. The van der Waals surface area contributed by atoms with Crippen LogP contribution in [0.15, 0.2) is 53.7 Å². The van der Waals surface area contributed by atoms with Gasteiger partial charge in [-0.25, -0.2) is 9.97 Å². The normalized spacial score (nSPS) is 11.8. The number of nitrogens with zero attached hydrogens (tertiary/aromatic N) is 2. The van der Waals surface area contributed by atoms with E-state index in [1.807, 2.05) is 36.4 Å². The molecule has 0 fully saturated rings. The lowest BCUT2D eigenvalue weighted by Crippen LogP contribution is -2.10. The highest BCUT2D eigenvalue weighted by atomic mass is 32.2. The summed E-state index contributed by atoms with van der Waals surface area (Å²) in [5.41, 5.74) is 0.0274. The number of benzene rings is 2. The SMILES string of the molecule is CSc1nc(-c2cccc3ccccc23)cc(C(F)(F)F)n1. The van der Waals surface area contributed by atoms with E-state index in [4.69, 9.17) is 0 Å². The average Bonchev–Trinajstić information content (AvgIpc) is 2.53. The molecule has 0 amide bonds. The molecular formula is C16H11F3N2S. The van der Waals surface area contributed by atoms with Crippen LogP contribution in [0, 0.1) is 0 Å². The number of hydrogen-bond acceptors (Lipinski definition) is 3. The standard InChI is InChI=1S/C16H11F3N2S/c1-22-15-20-13(9-14(21-15)16(17,18)19)12-8-4-6-10-5-2-3-7-11(10)12/h2-9H,1H3. The molecule has 0 saturated heterocycles. The highest BCUT2D eigenvalue weighted by molar-refractivity contribution is 7.98. The van der Waals surface area contributed by atoms with Gasteiger partial charge in [0.15, 0.2) is 5.16 Å². The molecule has 0 aliphatic rings. The summed E-state index contributed by atoms with van der Waals surface area (Å²) in [6.45, 7) is 0. The summed E-state index contributed by atoms with van der Waals surface area (Å²) in [5, 5.41) is 1.93. The lowest BCUT2D eigenvalue weighted by molar-refractivity contribution is -0.141. The predicted molar refractivity (Wildman–Crippen MR) is 81.8 cm³/mol. The van der Waals surface area contributed by atoms with Crippen molar-refractivity contribution in [2.45, 2.75) is 11.3 Å². The summed E-state index contributed by atoms with van der Waals surface area (Å²) >= 11 is 1.09. The molecule has 2 aromatic carbocycles. The Morgan fingerprint density at radius 3 is 2.41 bits per heavy atom. The van der Waals surface area contributed by atoms with Crippen LogP contribution in [0.2, 0.25) is 0 Å². The van der Waals surface area contributed by atoms with Crippen molar-refractivity contribution >= 4 is 22.5 Å². The largest absolute Gasteiger partial charge is 0.433 e. The van der Waals surface area contributed by atoms with Crippen LogP contribution in [0.3, 0.4) is 0 Å². The maximum Gasteiger partial charge on any atom is 0.433 e. The fourth-order valence-corrected chi connectivity index (χ4v) is 2.63. The second-order valence-corrected chi connectivity index (χ2v) is 5.42. The number of rotatable bonds is 2. The van der Waals surface area contributed by atoms with Crippen LogP contribution in [-0.2, 0) is 6.18 Å². The molecule has 2 nitrogen and oxygen atoms in total. The number of halogens is 3. The second kappa shape index (κ2) is 5.61. The number of fused-ring (bicyclic) bond motifs is 1. The predicted octanol–water partition coefficient (Wildman–Crippen LogP) is 5.04. The van der Waals surface area contributed by atoms with Crippen molar-refractivity contribution in [2.75, 3.05) is 6.26 Å². The molecule has 3 rings (SSSR count). The minimum absolute atomic E-state index is 0.109. The Labute approximate surface area is 129 Å². The fraction of sp³-hybridized carbons (Fsp3) is 0.125. The molecule has 1 heterocycles. The molecule has 0 saturated carbocycles. The molecule has 0 aliphatic carbocycles. The quantitative estimate of drug-likeness (QED) is 0.489. The maximum absolute atomic E-state index is 13.0. The third kappa shape index (κ3) is 2.78. The van der Waals surface area contributed by atoms with Crippen LogP contribution >= 0.6 is 11.8 Å². The number of hydrogen-bond donors (Lipinski definition) is 0. The summed E-state index contributed by atoms with van der Waals surface area (Å²) in [6.07, 6.45) is -2.84. The Bertz CT molecular complexity index is 826. The zero-order valence-electron chi connectivity index (χ0n) is 11.6. The van der Waals surface area contributed by atoms with Gasteiger partial charge in [-0.1, -0.05) is 54.2 Å². The number of aromatic nitrogens is 2. The molecule has 0 unspecified atom stereocenters. The van der Waals surface area contributed by atoms with Gasteiger partial charge in [0.2, 0.25) is 0 Å². The zero-order valence-corrected chi connectivity index (χ0v) is 12.4. The van der Waals surface area contributed by atoms with Crippen LogP contribution in [0.4, 0.5) is 13.2 Å². The smallest absolute Gasteiger partial charge is 0.222 e. The van der Waals surface area contributed by atoms with E-state index in [2.05, 4.69) is 9.97 Å². The van der Waals surface area contributed by atoms with Gasteiger partial charge >= 0.3 is 6.18 Å². The van der Waals surface area contributed by atoms with Gasteiger partial charge in [-0.3, -0.25) is 0 Å². The van der Waals surface area contributed by atoms with Gasteiger partial charge in [0.05, 0.1) is 5.69 Å². The van der Waals surface area contributed by atoms with Crippen molar-refractivity contribution in [3.8, 4) is 11.3 Å². The Morgan fingerprint density at radius 2 is 1.68 bits per heavy atom. The topological polar surface area (TPSA) is 25.8 Å². The van der Waals surface area contributed by atoms with Crippen LogP contribution in [-0.4, -0.2) is 16.2 Å². The first-order valence-electron chi connectivity index (χ1n) is 6.47. The first-order valence-corrected chi connectivity index (χ1v) is 7.70. The Hall–Kier alpha value is -2.08. The zero-order chi connectivity index (χ0) is 15.7. The molecule has 6 heteroatoms. The van der Waals surface area contributed by atoms with E-state index >= 15 is 0 Å². The third-order valence-corrected chi connectivity index (χ3v) is 3.79. The van der Waals surface area contributed by atoms with Crippen molar-refractivity contribution in [1.82, 2.24) is 9.97 Å². The summed E-state index contributed by atoms with van der Waals surface area (Å²) in [6, 6.07) is 14.0. The third-order valence-electron chi connectivity index (χ3n) is 3.24. The van der Waals surface area contributed by atoms with E-state index < -0.39 is 11.9 Å². The molecule has 112 valence electrons. The van der Waals surface area contributed by atoms with Crippen molar-refractivity contribution in [1.29, 1.82) is 0 Å². The molecule has 0 aliphatic heterocycles. The highest BCUT2D eigenvalue weighted by Crippen LogP contribution is 2.33. The minimum Gasteiger partial charge on any atom is -0.222 e. The highest BCUT2D eigenvalue weighted by Gasteiger charge is 2.33. The second-order valence-electron chi connectivity index (χ2n) is 4.65. The molecule has 1 aromatic heterocycles. The number of alkyl halides is 3. The van der Waals surface area contributed by atoms with E-state index in [9.17, 15) is 13.2 Å². The summed E-state index contributed by atoms with van der Waals surface area (Å²) in [7, 11) is 0. The first kappa shape index (κ1) is 14.8. The molecule has 3 aromatic rings. The van der Waals surface area contributed by atoms with E-state index in [0.717, 1.165) is 28.6 Å². The fourth-order valence-electron chi connectivity index (χ4n) is 2.25. The van der Waals surface area contributed by atoms with Crippen LogP contribution < -0.4 is 0 Å². The number of thioether (sulfide) groups is 1. The molecular weight excluding hydrogens is 309 g/mol. The van der Waals surface area contributed by atoms with E-state index in [0.29, 0.717) is 5.56 Å². The molecule has 0 atom stereocenters. The molecule has 0 radical (unpaired) electrons. The van der Waals surface area contributed by atoms with Crippen LogP contribution in [0.5, 0.6) is 0 Å². The van der Waals surface area contributed by atoms with Crippen molar-refractivity contribution in [3.63, 3.8) is 0 Å². The monoisotopic (exact) mass is 320 g/mol. The van der Waals surface area contributed by atoms with Gasteiger partial charge < -0.3 is 0 Å². The molecule has 0 N–H and O–H groups in total. The molecule has 0 spiro atoms. The summed E-state index contributed by atoms with van der Waals surface area (Å²) in [5.74, 6) is 0. The van der Waals surface area contributed by atoms with Gasteiger partial charge in [-0.15, -0.1) is 0 Å². The van der Waals surface area contributed by atoms with Gasteiger partial charge in [0, 0.05) is 5.56 Å². The Balaban J connectivity index is 2.26. The van der Waals surface area contributed by atoms with Gasteiger partial charge in [-0.05, 0) is 23.1 Å². The van der Waals surface area contributed by atoms with Gasteiger partial charge in [0.1, 0.15) is 5.69 Å². The van der Waals surface area contributed by atoms with Crippen molar-refractivity contribution in [2.24, 2.45) is 0 Å². The molecule has 0 bridgehead atoms. The lowest BCUT2D eigenvalue weighted by atomic mass is 10.0. The minimum atomic E-state index is -4.49.